The predicted octanol–water partition coefficient (Wildman–Crippen LogP) is 2.85. The van der Waals surface area contributed by atoms with Crippen molar-refractivity contribution in [1.82, 2.24) is 0 Å². The molecule has 2 N–H and O–H groups in total. The van der Waals surface area contributed by atoms with Crippen LogP contribution in [-0.4, -0.2) is 27.8 Å². The highest BCUT2D eigenvalue weighted by Crippen LogP contribution is 2.24. The molecule has 1 unspecified atom stereocenters. The highest BCUT2D eigenvalue weighted by molar-refractivity contribution is 5.99. The van der Waals surface area contributed by atoms with Crippen LogP contribution in [0.4, 0.5) is 11.4 Å². The molecule has 0 saturated heterocycles. The Labute approximate surface area is 122 Å². The summed E-state index contributed by atoms with van der Waals surface area (Å²) in [5.41, 5.74) is 0.0624. The first-order valence-corrected chi connectivity index (χ1v) is 6.65. The molecule has 1 aromatic rings. The summed E-state index contributed by atoms with van der Waals surface area (Å²) < 4.78 is 0. The number of carbonyl (C=O) groups is 2. The fourth-order valence-corrected chi connectivity index (χ4v) is 1.93. The van der Waals surface area contributed by atoms with Crippen LogP contribution in [0.1, 0.15) is 43.5 Å². The van der Waals surface area contributed by atoms with Crippen molar-refractivity contribution in [3.8, 4) is 0 Å². The smallest absolute Gasteiger partial charge is 0.326 e. The minimum absolute atomic E-state index is 0.0374. The molecule has 0 fully saturated rings. The van der Waals surface area contributed by atoms with Gasteiger partial charge in [-0.3, -0.25) is 14.9 Å². The van der Waals surface area contributed by atoms with Gasteiger partial charge in [0.05, 0.1) is 10.5 Å². The van der Waals surface area contributed by atoms with E-state index in [0.717, 1.165) is 12.8 Å². The molecule has 0 heterocycles. The third kappa shape index (κ3) is 4.55. The fourth-order valence-electron chi connectivity index (χ4n) is 1.93. The molecule has 114 valence electrons. The molecular formula is C14H18N2O5. The second kappa shape index (κ2) is 7.37. The van der Waals surface area contributed by atoms with E-state index in [9.17, 15) is 19.7 Å². The summed E-state index contributed by atoms with van der Waals surface area (Å²) in [5.74, 6) is -1.43. The second-order valence-corrected chi connectivity index (χ2v) is 4.72. The first-order chi connectivity index (χ1) is 9.86. The van der Waals surface area contributed by atoms with E-state index in [1.165, 1.54) is 25.1 Å². The Hall–Kier alpha value is -2.44. The molecule has 0 aliphatic carbocycles. The van der Waals surface area contributed by atoms with Gasteiger partial charge >= 0.3 is 5.97 Å². The van der Waals surface area contributed by atoms with Crippen molar-refractivity contribution < 1.29 is 19.6 Å². The molecule has 0 aliphatic rings. The molecule has 7 nitrogen and oxygen atoms in total. The maximum absolute atomic E-state index is 11.5. The van der Waals surface area contributed by atoms with Crippen LogP contribution in [0.3, 0.4) is 0 Å². The van der Waals surface area contributed by atoms with Gasteiger partial charge in [0.1, 0.15) is 6.04 Å². The van der Waals surface area contributed by atoms with Crippen molar-refractivity contribution in [2.45, 2.75) is 39.2 Å². The summed E-state index contributed by atoms with van der Waals surface area (Å²) >= 11 is 0. The molecule has 0 bridgehead atoms. The van der Waals surface area contributed by atoms with Crippen molar-refractivity contribution in [3.63, 3.8) is 0 Å². The number of hydrogen-bond donors (Lipinski definition) is 2. The van der Waals surface area contributed by atoms with Crippen molar-refractivity contribution in [2.75, 3.05) is 5.32 Å². The number of Topliss-reactive ketones (excluding diaryl/α,β-unsaturated/α-hetero) is 1. The van der Waals surface area contributed by atoms with Crippen molar-refractivity contribution >= 4 is 23.1 Å². The number of unbranched alkanes of at least 4 members (excludes halogenated alkanes) is 1. The van der Waals surface area contributed by atoms with Gasteiger partial charge in [-0.2, -0.15) is 0 Å². The van der Waals surface area contributed by atoms with Gasteiger partial charge in [0, 0.05) is 11.8 Å². The Bertz CT molecular complexity index is 556. The van der Waals surface area contributed by atoms with Crippen LogP contribution in [0, 0.1) is 10.1 Å². The molecule has 0 aliphatic heterocycles. The highest BCUT2D eigenvalue weighted by Gasteiger charge is 2.20. The van der Waals surface area contributed by atoms with E-state index < -0.39 is 22.7 Å². The van der Waals surface area contributed by atoms with Crippen LogP contribution in [-0.2, 0) is 4.79 Å². The number of anilines is 1. The molecule has 0 saturated carbocycles. The van der Waals surface area contributed by atoms with Crippen LogP contribution in [0.15, 0.2) is 18.2 Å². The lowest BCUT2D eigenvalue weighted by Gasteiger charge is -2.15. The van der Waals surface area contributed by atoms with Crippen LogP contribution in [0.25, 0.3) is 0 Å². The zero-order valence-corrected chi connectivity index (χ0v) is 12.0. The number of rotatable bonds is 8. The fraction of sp³-hybridized carbons (Fsp3) is 0.429. The molecule has 1 rings (SSSR count). The number of carbonyl (C=O) groups excluding carboxylic acids is 1. The summed E-state index contributed by atoms with van der Waals surface area (Å²) in [4.78, 5) is 32.8. The summed E-state index contributed by atoms with van der Waals surface area (Å²) in [5, 5.41) is 22.8. The largest absolute Gasteiger partial charge is 0.480 e. The van der Waals surface area contributed by atoms with Crippen molar-refractivity contribution in [3.05, 3.63) is 33.9 Å². The van der Waals surface area contributed by atoms with E-state index in [4.69, 9.17) is 5.11 Å². The number of carboxylic acid groups (broad SMARTS) is 1. The molecule has 1 atom stereocenters. The molecule has 21 heavy (non-hydrogen) atoms. The number of hydrogen-bond acceptors (Lipinski definition) is 5. The molecule has 0 aromatic heterocycles. The number of nitrogens with zero attached hydrogens (tertiary/aromatic N) is 1. The normalized spacial score (nSPS) is 11.7. The number of nitro groups is 1. The van der Waals surface area contributed by atoms with E-state index in [2.05, 4.69) is 5.32 Å². The number of carboxylic acids is 1. The lowest BCUT2D eigenvalue weighted by atomic mass is 10.1. The van der Waals surface area contributed by atoms with Crippen molar-refractivity contribution in [2.24, 2.45) is 0 Å². The Morgan fingerprint density at radius 2 is 2.10 bits per heavy atom. The maximum Gasteiger partial charge on any atom is 0.326 e. The first kappa shape index (κ1) is 16.6. The number of nitro benzene ring substituents is 1. The van der Waals surface area contributed by atoms with Gasteiger partial charge in [-0.15, -0.1) is 0 Å². The van der Waals surface area contributed by atoms with E-state index >= 15 is 0 Å². The molecule has 7 heteroatoms. The van der Waals surface area contributed by atoms with Gasteiger partial charge in [0.15, 0.2) is 5.78 Å². The van der Waals surface area contributed by atoms with E-state index in [0.29, 0.717) is 12.1 Å². The lowest BCUT2D eigenvalue weighted by Crippen LogP contribution is -2.29. The molecule has 0 amide bonds. The van der Waals surface area contributed by atoms with Gasteiger partial charge in [-0.1, -0.05) is 19.8 Å². The SMILES string of the molecule is CCCCC(Nc1ccc([N+](=O)[O-])c(C(C)=O)c1)C(=O)O. The van der Waals surface area contributed by atoms with Crippen molar-refractivity contribution in [1.29, 1.82) is 0 Å². The topological polar surface area (TPSA) is 110 Å². The molecule has 1 aromatic carbocycles. The lowest BCUT2D eigenvalue weighted by molar-refractivity contribution is -0.385. The number of benzene rings is 1. The number of aliphatic carboxylic acids is 1. The van der Waals surface area contributed by atoms with E-state index in [1.54, 1.807) is 0 Å². The van der Waals surface area contributed by atoms with Crippen LogP contribution < -0.4 is 5.32 Å². The third-order valence-electron chi connectivity index (χ3n) is 3.06. The Balaban J connectivity index is 3.02. The van der Waals surface area contributed by atoms with Crippen LogP contribution >= 0.6 is 0 Å². The minimum Gasteiger partial charge on any atom is -0.480 e. The van der Waals surface area contributed by atoms with Gasteiger partial charge in [0.2, 0.25) is 0 Å². The maximum atomic E-state index is 11.5. The molecular weight excluding hydrogens is 276 g/mol. The Morgan fingerprint density at radius 3 is 2.57 bits per heavy atom. The zero-order valence-electron chi connectivity index (χ0n) is 12.0. The summed E-state index contributed by atoms with van der Waals surface area (Å²) in [6.07, 6.45) is 2.05. The van der Waals surface area contributed by atoms with Gasteiger partial charge in [-0.05, 0) is 25.5 Å². The summed E-state index contributed by atoms with van der Waals surface area (Å²) in [7, 11) is 0. The van der Waals surface area contributed by atoms with Gasteiger partial charge in [-0.25, -0.2) is 4.79 Å². The third-order valence-corrected chi connectivity index (χ3v) is 3.06. The number of nitrogens with one attached hydrogen (secondary N) is 1. The minimum atomic E-state index is -0.994. The summed E-state index contributed by atoms with van der Waals surface area (Å²) in [6, 6.07) is 3.15. The Kier molecular flexibility index (Phi) is 5.83. The monoisotopic (exact) mass is 294 g/mol. The highest BCUT2D eigenvalue weighted by atomic mass is 16.6. The quantitative estimate of drug-likeness (QED) is 0.433. The summed E-state index contributed by atoms with van der Waals surface area (Å²) in [6.45, 7) is 3.19. The second-order valence-electron chi connectivity index (χ2n) is 4.72. The predicted molar refractivity (Wildman–Crippen MR) is 77.7 cm³/mol. The first-order valence-electron chi connectivity index (χ1n) is 6.65. The van der Waals surface area contributed by atoms with E-state index in [-0.39, 0.29) is 11.3 Å². The standard InChI is InChI=1S/C14H18N2O5/c1-3-4-5-12(14(18)19)15-10-6-7-13(16(20)21)11(8-10)9(2)17/h6-8,12,15H,3-5H2,1-2H3,(H,18,19). The average molecular weight is 294 g/mol. The average Bonchev–Trinajstić information content (AvgIpc) is 2.42. The van der Waals surface area contributed by atoms with Gasteiger partial charge < -0.3 is 10.4 Å². The Morgan fingerprint density at radius 1 is 1.43 bits per heavy atom. The van der Waals surface area contributed by atoms with E-state index in [1.807, 2.05) is 6.92 Å². The van der Waals surface area contributed by atoms with Gasteiger partial charge in [0.25, 0.3) is 5.69 Å². The molecule has 0 spiro atoms. The number of ketones is 1. The zero-order chi connectivity index (χ0) is 16.0. The van der Waals surface area contributed by atoms with Crippen LogP contribution in [0.2, 0.25) is 0 Å². The van der Waals surface area contributed by atoms with Crippen LogP contribution in [0.5, 0.6) is 0 Å². The molecule has 0 radical (unpaired) electrons.